The number of amides is 2. The van der Waals surface area contributed by atoms with Crippen molar-refractivity contribution in [2.45, 2.75) is 52.6 Å². The molecule has 1 N–H and O–H groups in total. The SMILES string of the molecule is CC[C@H](C(=O)NCC(C)C)N(Cc1ccccc1)C(=O)CCc1ccc2c(c1)OCO2. The van der Waals surface area contributed by atoms with Crippen LogP contribution in [-0.2, 0) is 22.6 Å². The zero-order valence-corrected chi connectivity index (χ0v) is 18.6. The average Bonchev–Trinajstić information content (AvgIpc) is 3.24. The molecule has 3 rings (SSSR count). The summed E-state index contributed by atoms with van der Waals surface area (Å²) in [5.74, 6) is 1.67. The van der Waals surface area contributed by atoms with Crippen molar-refractivity contribution < 1.29 is 19.1 Å². The van der Waals surface area contributed by atoms with E-state index in [-0.39, 0.29) is 18.6 Å². The lowest BCUT2D eigenvalue weighted by Gasteiger charge is -2.31. The molecule has 2 aromatic rings. The second-order valence-electron chi connectivity index (χ2n) is 8.26. The maximum Gasteiger partial charge on any atom is 0.242 e. The Labute approximate surface area is 184 Å². The maximum atomic E-state index is 13.3. The van der Waals surface area contributed by atoms with E-state index in [1.807, 2.05) is 55.5 Å². The highest BCUT2D eigenvalue weighted by Crippen LogP contribution is 2.32. The number of carbonyl (C=O) groups is 2. The highest BCUT2D eigenvalue weighted by molar-refractivity contribution is 5.87. The molecule has 0 aromatic heterocycles. The Balaban J connectivity index is 1.72. The molecule has 6 nitrogen and oxygen atoms in total. The van der Waals surface area contributed by atoms with Gasteiger partial charge in [0.2, 0.25) is 18.6 Å². The Hall–Kier alpha value is -3.02. The van der Waals surface area contributed by atoms with Gasteiger partial charge < -0.3 is 19.7 Å². The van der Waals surface area contributed by atoms with Crippen LogP contribution in [0.2, 0.25) is 0 Å². The van der Waals surface area contributed by atoms with E-state index in [1.165, 1.54) is 0 Å². The van der Waals surface area contributed by atoms with Gasteiger partial charge in [-0.1, -0.05) is 57.2 Å². The van der Waals surface area contributed by atoms with Crippen molar-refractivity contribution in [2.24, 2.45) is 5.92 Å². The van der Waals surface area contributed by atoms with Gasteiger partial charge >= 0.3 is 0 Å². The number of benzene rings is 2. The van der Waals surface area contributed by atoms with Crippen LogP contribution in [0.5, 0.6) is 11.5 Å². The minimum atomic E-state index is -0.497. The van der Waals surface area contributed by atoms with Crippen molar-refractivity contribution in [3.63, 3.8) is 0 Å². The molecule has 2 amide bonds. The van der Waals surface area contributed by atoms with E-state index < -0.39 is 6.04 Å². The third-order valence-corrected chi connectivity index (χ3v) is 5.33. The Morgan fingerprint density at radius 2 is 1.77 bits per heavy atom. The summed E-state index contributed by atoms with van der Waals surface area (Å²) in [7, 11) is 0. The fourth-order valence-corrected chi connectivity index (χ4v) is 3.61. The average molecular weight is 425 g/mol. The van der Waals surface area contributed by atoms with Gasteiger partial charge in [0.15, 0.2) is 11.5 Å². The number of aryl methyl sites for hydroxylation is 1. The van der Waals surface area contributed by atoms with Crippen molar-refractivity contribution in [2.75, 3.05) is 13.3 Å². The third-order valence-electron chi connectivity index (χ3n) is 5.33. The number of fused-ring (bicyclic) bond motifs is 1. The quantitative estimate of drug-likeness (QED) is 0.628. The molecule has 0 saturated carbocycles. The van der Waals surface area contributed by atoms with Crippen molar-refractivity contribution in [1.29, 1.82) is 0 Å². The van der Waals surface area contributed by atoms with Crippen LogP contribution in [0, 0.1) is 5.92 Å². The van der Waals surface area contributed by atoms with Gasteiger partial charge in [-0.3, -0.25) is 9.59 Å². The van der Waals surface area contributed by atoms with Crippen LogP contribution < -0.4 is 14.8 Å². The molecule has 1 aliphatic rings. The van der Waals surface area contributed by atoms with Crippen LogP contribution in [0.15, 0.2) is 48.5 Å². The van der Waals surface area contributed by atoms with E-state index in [4.69, 9.17) is 9.47 Å². The van der Waals surface area contributed by atoms with Crippen molar-refractivity contribution in [1.82, 2.24) is 10.2 Å². The molecule has 1 heterocycles. The Kier molecular flexibility index (Phi) is 7.93. The molecule has 0 bridgehead atoms. The van der Waals surface area contributed by atoms with Crippen LogP contribution >= 0.6 is 0 Å². The van der Waals surface area contributed by atoms with E-state index in [0.717, 1.165) is 16.9 Å². The van der Waals surface area contributed by atoms with E-state index in [9.17, 15) is 9.59 Å². The first kappa shape index (κ1) is 22.7. The smallest absolute Gasteiger partial charge is 0.242 e. The minimum absolute atomic E-state index is 0.0342. The predicted molar refractivity (Wildman–Crippen MR) is 120 cm³/mol. The van der Waals surface area contributed by atoms with Crippen LogP contribution in [0.4, 0.5) is 0 Å². The first-order valence-electron chi connectivity index (χ1n) is 11.0. The lowest BCUT2D eigenvalue weighted by atomic mass is 10.1. The maximum absolute atomic E-state index is 13.3. The number of ether oxygens (including phenoxy) is 2. The summed E-state index contributed by atoms with van der Waals surface area (Å²) in [4.78, 5) is 27.9. The Bertz CT molecular complexity index is 882. The molecule has 2 aromatic carbocycles. The molecule has 0 unspecified atom stereocenters. The molecule has 166 valence electrons. The van der Waals surface area contributed by atoms with Crippen molar-refractivity contribution >= 4 is 11.8 Å². The van der Waals surface area contributed by atoms with Gasteiger partial charge in [-0.2, -0.15) is 0 Å². The second-order valence-corrected chi connectivity index (χ2v) is 8.26. The van der Waals surface area contributed by atoms with Gasteiger partial charge in [-0.15, -0.1) is 0 Å². The zero-order valence-electron chi connectivity index (χ0n) is 18.6. The Morgan fingerprint density at radius 1 is 1.03 bits per heavy atom. The molecular weight excluding hydrogens is 392 g/mol. The van der Waals surface area contributed by atoms with Gasteiger partial charge in [-0.25, -0.2) is 0 Å². The monoisotopic (exact) mass is 424 g/mol. The van der Waals surface area contributed by atoms with Gasteiger partial charge in [0, 0.05) is 19.5 Å². The van der Waals surface area contributed by atoms with Crippen molar-refractivity contribution in [3.8, 4) is 11.5 Å². The fraction of sp³-hybridized carbons (Fsp3) is 0.440. The summed E-state index contributed by atoms with van der Waals surface area (Å²) >= 11 is 0. The first-order chi connectivity index (χ1) is 15.0. The van der Waals surface area contributed by atoms with Gasteiger partial charge in [-0.05, 0) is 42.0 Å². The lowest BCUT2D eigenvalue weighted by molar-refractivity contribution is -0.141. The highest BCUT2D eigenvalue weighted by atomic mass is 16.7. The Morgan fingerprint density at radius 3 is 2.48 bits per heavy atom. The van der Waals surface area contributed by atoms with Crippen LogP contribution in [-0.4, -0.2) is 36.1 Å². The molecule has 0 aliphatic carbocycles. The number of hydrogen-bond acceptors (Lipinski definition) is 4. The molecule has 1 aliphatic heterocycles. The molecular formula is C25H32N2O4. The van der Waals surface area contributed by atoms with Gasteiger partial charge in [0.05, 0.1) is 0 Å². The van der Waals surface area contributed by atoms with E-state index in [1.54, 1.807) is 4.90 Å². The number of nitrogens with zero attached hydrogens (tertiary/aromatic N) is 1. The molecule has 1 atom stereocenters. The van der Waals surface area contributed by atoms with Crippen LogP contribution in [0.1, 0.15) is 44.7 Å². The number of nitrogens with one attached hydrogen (secondary N) is 1. The van der Waals surface area contributed by atoms with Crippen LogP contribution in [0.25, 0.3) is 0 Å². The van der Waals surface area contributed by atoms with E-state index in [2.05, 4.69) is 19.2 Å². The number of carbonyl (C=O) groups excluding carboxylic acids is 2. The predicted octanol–water partition coefficient (Wildman–Crippen LogP) is 3.93. The van der Waals surface area contributed by atoms with E-state index in [0.29, 0.717) is 44.0 Å². The summed E-state index contributed by atoms with van der Waals surface area (Å²) in [5, 5.41) is 2.99. The number of hydrogen-bond donors (Lipinski definition) is 1. The molecule has 31 heavy (non-hydrogen) atoms. The normalized spacial score (nSPS) is 13.2. The number of rotatable bonds is 10. The molecule has 0 saturated heterocycles. The topological polar surface area (TPSA) is 67.9 Å². The molecule has 0 fully saturated rings. The standard InChI is InChI=1S/C25H32N2O4/c1-4-21(25(29)26-15-18(2)3)27(16-20-8-6-5-7-9-20)24(28)13-11-19-10-12-22-23(14-19)31-17-30-22/h5-10,12,14,18,21H,4,11,13,15-17H2,1-3H3,(H,26,29)/t21-/m1/s1. The highest BCUT2D eigenvalue weighted by Gasteiger charge is 2.28. The summed E-state index contributed by atoms with van der Waals surface area (Å²) in [6, 6.07) is 15.1. The minimum Gasteiger partial charge on any atom is -0.454 e. The van der Waals surface area contributed by atoms with Crippen molar-refractivity contribution in [3.05, 3.63) is 59.7 Å². The summed E-state index contributed by atoms with van der Waals surface area (Å²) in [6.07, 6.45) is 1.46. The largest absolute Gasteiger partial charge is 0.454 e. The second kappa shape index (κ2) is 10.8. The lowest BCUT2D eigenvalue weighted by Crippen LogP contribution is -2.49. The van der Waals surface area contributed by atoms with E-state index >= 15 is 0 Å². The zero-order chi connectivity index (χ0) is 22.2. The summed E-state index contributed by atoms with van der Waals surface area (Å²) in [6.45, 7) is 7.29. The van der Waals surface area contributed by atoms with Crippen LogP contribution in [0.3, 0.4) is 0 Å². The molecule has 6 heteroatoms. The molecule has 0 radical (unpaired) electrons. The summed E-state index contributed by atoms with van der Waals surface area (Å²) < 4.78 is 10.8. The third kappa shape index (κ3) is 6.23. The fourth-order valence-electron chi connectivity index (χ4n) is 3.61. The first-order valence-corrected chi connectivity index (χ1v) is 11.0. The molecule has 0 spiro atoms. The van der Waals surface area contributed by atoms with Gasteiger partial charge in [0.1, 0.15) is 6.04 Å². The summed E-state index contributed by atoms with van der Waals surface area (Å²) in [5.41, 5.74) is 2.02. The van der Waals surface area contributed by atoms with Gasteiger partial charge in [0.25, 0.3) is 0 Å².